The Morgan fingerprint density at radius 3 is 1.63 bits per heavy atom. The van der Waals surface area contributed by atoms with E-state index in [9.17, 15) is 26.3 Å². The number of aryl methyl sites for hydroxylation is 1. The monoisotopic (exact) mass is 288 g/mol. The number of halogens is 6. The molecule has 0 aliphatic heterocycles. The summed E-state index contributed by atoms with van der Waals surface area (Å²) in [6.07, 6.45) is -13.8. The third-order valence-corrected chi connectivity index (χ3v) is 2.65. The average Bonchev–Trinajstić information content (AvgIpc) is 2.24. The Bertz CT molecular complexity index is 406. The summed E-state index contributed by atoms with van der Waals surface area (Å²) in [6.45, 7) is 0. The number of aromatic hydroxyl groups is 1. The van der Waals surface area contributed by atoms with E-state index in [1.807, 2.05) is 0 Å². The Balaban J connectivity index is 2.89. The fraction of sp³-hybridized carbons (Fsp3) is 0.455. The third kappa shape index (κ3) is 3.31. The van der Waals surface area contributed by atoms with Gasteiger partial charge in [-0.25, -0.2) is 0 Å². The molecule has 2 N–H and O–H groups in total. The number of rotatable bonds is 3. The Hall–Kier alpha value is -1.44. The highest BCUT2D eigenvalue weighted by molar-refractivity contribution is 5.26. The van der Waals surface area contributed by atoms with E-state index in [2.05, 4.69) is 0 Å². The standard InChI is InChI=1S/C11H10F6O2/c12-10(13,14)9(19,11(15,16)17)6-5-7-1-3-8(18)4-2-7/h1-4,18-19H,5-6H2. The summed E-state index contributed by atoms with van der Waals surface area (Å²) >= 11 is 0. The van der Waals surface area contributed by atoms with Gasteiger partial charge >= 0.3 is 12.4 Å². The molecule has 0 saturated carbocycles. The van der Waals surface area contributed by atoms with Crippen LogP contribution in [-0.2, 0) is 6.42 Å². The second-order valence-electron chi connectivity index (χ2n) is 4.02. The van der Waals surface area contributed by atoms with Gasteiger partial charge in [0.25, 0.3) is 5.60 Å². The van der Waals surface area contributed by atoms with Crippen LogP contribution in [0, 0.1) is 0 Å². The first-order valence-corrected chi connectivity index (χ1v) is 5.11. The number of hydrogen-bond acceptors (Lipinski definition) is 2. The highest BCUT2D eigenvalue weighted by atomic mass is 19.4. The number of phenols is 1. The summed E-state index contributed by atoms with van der Waals surface area (Å²) in [5.41, 5.74) is -4.59. The van der Waals surface area contributed by atoms with Crippen LogP contribution < -0.4 is 0 Å². The number of alkyl halides is 6. The van der Waals surface area contributed by atoms with E-state index in [-0.39, 0.29) is 11.3 Å². The van der Waals surface area contributed by atoms with Gasteiger partial charge in [-0.05, 0) is 30.5 Å². The molecule has 1 rings (SSSR count). The molecule has 0 unspecified atom stereocenters. The molecule has 0 bridgehead atoms. The Morgan fingerprint density at radius 1 is 0.842 bits per heavy atom. The number of hydrogen-bond donors (Lipinski definition) is 2. The topological polar surface area (TPSA) is 40.5 Å². The normalized spacial score (nSPS) is 13.6. The molecule has 0 aliphatic carbocycles. The molecule has 0 saturated heterocycles. The fourth-order valence-corrected chi connectivity index (χ4v) is 1.43. The van der Waals surface area contributed by atoms with E-state index in [0.717, 1.165) is 12.1 Å². The van der Waals surface area contributed by atoms with Crippen LogP contribution in [-0.4, -0.2) is 28.2 Å². The molecule has 108 valence electrons. The second-order valence-corrected chi connectivity index (χ2v) is 4.02. The van der Waals surface area contributed by atoms with E-state index in [1.54, 1.807) is 0 Å². The molecule has 19 heavy (non-hydrogen) atoms. The lowest BCUT2D eigenvalue weighted by molar-refractivity contribution is -0.369. The van der Waals surface area contributed by atoms with Gasteiger partial charge in [0.1, 0.15) is 5.75 Å². The van der Waals surface area contributed by atoms with Crippen molar-refractivity contribution in [2.45, 2.75) is 30.8 Å². The van der Waals surface area contributed by atoms with E-state index in [0.29, 0.717) is 0 Å². The van der Waals surface area contributed by atoms with Gasteiger partial charge in [0.05, 0.1) is 0 Å². The molecule has 2 nitrogen and oxygen atoms in total. The summed E-state index contributed by atoms with van der Waals surface area (Å²) < 4.78 is 74.1. The van der Waals surface area contributed by atoms with E-state index in [4.69, 9.17) is 10.2 Å². The largest absolute Gasteiger partial charge is 0.508 e. The van der Waals surface area contributed by atoms with E-state index < -0.39 is 30.8 Å². The molecule has 1 aromatic carbocycles. The minimum atomic E-state index is -5.80. The van der Waals surface area contributed by atoms with Crippen molar-refractivity contribution in [3.05, 3.63) is 29.8 Å². The van der Waals surface area contributed by atoms with Crippen LogP contribution in [0.2, 0.25) is 0 Å². The zero-order valence-electron chi connectivity index (χ0n) is 9.39. The van der Waals surface area contributed by atoms with Crippen LogP contribution in [0.25, 0.3) is 0 Å². The molecule has 1 aromatic rings. The maximum absolute atomic E-state index is 12.4. The second kappa shape index (κ2) is 4.92. The van der Waals surface area contributed by atoms with Crippen LogP contribution >= 0.6 is 0 Å². The van der Waals surface area contributed by atoms with Crippen molar-refractivity contribution >= 4 is 0 Å². The van der Waals surface area contributed by atoms with Crippen LogP contribution in [0.1, 0.15) is 12.0 Å². The smallest absolute Gasteiger partial charge is 0.426 e. The summed E-state index contributed by atoms with van der Waals surface area (Å²) in [5, 5.41) is 17.8. The molecule has 0 heterocycles. The van der Waals surface area contributed by atoms with Crippen molar-refractivity contribution in [2.24, 2.45) is 0 Å². The van der Waals surface area contributed by atoms with Crippen molar-refractivity contribution in [1.82, 2.24) is 0 Å². The molecule has 0 atom stereocenters. The lowest BCUT2D eigenvalue weighted by Gasteiger charge is -2.32. The summed E-state index contributed by atoms with van der Waals surface area (Å²) in [5.74, 6) is -0.161. The van der Waals surface area contributed by atoms with Crippen LogP contribution in [0.5, 0.6) is 5.75 Å². The van der Waals surface area contributed by atoms with Crippen LogP contribution in [0.15, 0.2) is 24.3 Å². The highest BCUT2D eigenvalue weighted by Gasteiger charge is 2.69. The van der Waals surface area contributed by atoms with Crippen molar-refractivity contribution < 1.29 is 36.6 Å². The summed E-state index contributed by atoms with van der Waals surface area (Å²) in [6, 6.07) is 4.64. The zero-order valence-corrected chi connectivity index (χ0v) is 9.39. The maximum atomic E-state index is 12.4. The molecular weight excluding hydrogens is 278 g/mol. The zero-order chi connectivity index (χ0) is 14.9. The molecule has 0 radical (unpaired) electrons. The maximum Gasteiger partial charge on any atom is 0.426 e. The SMILES string of the molecule is Oc1ccc(CCC(O)(C(F)(F)F)C(F)(F)F)cc1. The van der Waals surface area contributed by atoms with Crippen LogP contribution in [0.3, 0.4) is 0 Å². The Morgan fingerprint density at radius 2 is 1.26 bits per heavy atom. The van der Waals surface area contributed by atoms with E-state index in [1.165, 1.54) is 12.1 Å². The molecule has 0 amide bonds. The summed E-state index contributed by atoms with van der Waals surface area (Å²) in [7, 11) is 0. The van der Waals surface area contributed by atoms with Crippen molar-refractivity contribution in [3.63, 3.8) is 0 Å². The number of benzene rings is 1. The van der Waals surface area contributed by atoms with Gasteiger partial charge < -0.3 is 10.2 Å². The highest BCUT2D eigenvalue weighted by Crippen LogP contribution is 2.45. The van der Waals surface area contributed by atoms with Crippen molar-refractivity contribution in [2.75, 3.05) is 0 Å². The first-order chi connectivity index (χ1) is 8.47. The fourth-order valence-electron chi connectivity index (χ4n) is 1.43. The molecular formula is C11H10F6O2. The van der Waals surface area contributed by atoms with Gasteiger partial charge in [0.15, 0.2) is 0 Å². The minimum Gasteiger partial charge on any atom is -0.508 e. The number of phenolic OH excluding ortho intramolecular Hbond substituents is 1. The predicted octanol–water partition coefficient (Wildman–Crippen LogP) is 3.18. The molecule has 0 fully saturated rings. The van der Waals surface area contributed by atoms with E-state index >= 15 is 0 Å². The number of aliphatic hydroxyl groups is 1. The van der Waals surface area contributed by atoms with Gasteiger partial charge in [-0.15, -0.1) is 0 Å². The predicted molar refractivity (Wildman–Crippen MR) is 53.5 cm³/mol. The van der Waals surface area contributed by atoms with Crippen molar-refractivity contribution in [3.8, 4) is 5.75 Å². The Labute approximate surface area is 104 Å². The molecule has 0 aliphatic rings. The third-order valence-electron chi connectivity index (χ3n) is 2.65. The van der Waals surface area contributed by atoms with Gasteiger partial charge in [-0.1, -0.05) is 12.1 Å². The van der Waals surface area contributed by atoms with Gasteiger partial charge in [-0.3, -0.25) is 0 Å². The molecule has 0 spiro atoms. The Kier molecular flexibility index (Phi) is 4.04. The first-order valence-electron chi connectivity index (χ1n) is 5.11. The van der Waals surface area contributed by atoms with Gasteiger partial charge in [0.2, 0.25) is 0 Å². The first kappa shape index (κ1) is 15.6. The van der Waals surface area contributed by atoms with Gasteiger partial charge in [0, 0.05) is 0 Å². The van der Waals surface area contributed by atoms with Gasteiger partial charge in [-0.2, -0.15) is 26.3 Å². The lowest BCUT2D eigenvalue weighted by Crippen LogP contribution is -2.57. The quantitative estimate of drug-likeness (QED) is 0.839. The molecule has 0 aromatic heterocycles. The minimum absolute atomic E-state index is 0.143. The van der Waals surface area contributed by atoms with Crippen LogP contribution in [0.4, 0.5) is 26.3 Å². The lowest BCUT2D eigenvalue weighted by atomic mass is 9.93. The van der Waals surface area contributed by atoms with Crippen molar-refractivity contribution in [1.29, 1.82) is 0 Å². The summed E-state index contributed by atoms with van der Waals surface area (Å²) in [4.78, 5) is 0. The average molecular weight is 288 g/mol. The molecule has 8 heteroatoms.